The molecule has 106 valence electrons. The summed E-state index contributed by atoms with van der Waals surface area (Å²) in [6, 6.07) is 5.06. The zero-order valence-electron chi connectivity index (χ0n) is 10.6. The van der Waals surface area contributed by atoms with Crippen molar-refractivity contribution in [2.75, 3.05) is 6.61 Å². The number of rotatable bonds is 4. The summed E-state index contributed by atoms with van der Waals surface area (Å²) in [7, 11) is 0. The average molecular weight is 273 g/mol. The number of hydrogen-bond donors (Lipinski definition) is 1. The maximum atomic E-state index is 12.8. The standard InChI is InChI=1S/C14H18F3NO/c15-14(16,17)11-7-3-4-8-13(11)19-9-12(18)10-5-1-2-6-10/h3-4,7-8,10,12H,1-2,5-6,9,18H2. The molecule has 5 heteroatoms. The minimum absolute atomic E-state index is 0.136. The smallest absolute Gasteiger partial charge is 0.419 e. The summed E-state index contributed by atoms with van der Waals surface area (Å²) in [5.41, 5.74) is 5.24. The lowest BCUT2D eigenvalue weighted by Gasteiger charge is -2.20. The summed E-state index contributed by atoms with van der Waals surface area (Å²) in [5.74, 6) is 0.237. The van der Waals surface area contributed by atoms with Crippen LogP contribution in [-0.4, -0.2) is 12.6 Å². The van der Waals surface area contributed by atoms with Crippen molar-refractivity contribution in [3.8, 4) is 5.75 Å². The van der Waals surface area contributed by atoms with Crippen LogP contribution in [0.3, 0.4) is 0 Å². The van der Waals surface area contributed by atoms with Gasteiger partial charge in [-0.25, -0.2) is 0 Å². The minimum Gasteiger partial charge on any atom is -0.491 e. The quantitative estimate of drug-likeness (QED) is 0.909. The molecule has 0 bridgehead atoms. The van der Waals surface area contributed by atoms with Crippen LogP contribution in [0.5, 0.6) is 5.75 Å². The van der Waals surface area contributed by atoms with Crippen LogP contribution >= 0.6 is 0 Å². The third-order valence-corrected chi connectivity index (χ3v) is 3.63. The lowest BCUT2D eigenvalue weighted by atomic mass is 10.00. The molecule has 1 aliphatic rings. The van der Waals surface area contributed by atoms with Crippen LogP contribution < -0.4 is 10.5 Å². The van der Waals surface area contributed by atoms with Crippen LogP contribution in [0.2, 0.25) is 0 Å². The van der Waals surface area contributed by atoms with Gasteiger partial charge in [-0.15, -0.1) is 0 Å². The average Bonchev–Trinajstić information content (AvgIpc) is 2.89. The van der Waals surface area contributed by atoms with Crippen LogP contribution in [0.25, 0.3) is 0 Å². The number of nitrogens with two attached hydrogens (primary N) is 1. The molecule has 0 saturated heterocycles. The lowest BCUT2D eigenvalue weighted by molar-refractivity contribution is -0.139. The van der Waals surface area contributed by atoms with E-state index in [0.717, 1.165) is 31.7 Å². The van der Waals surface area contributed by atoms with Gasteiger partial charge in [0.05, 0.1) is 5.56 Å². The first-order valence-electron chi connectivity index (χ1n) is 6.53. The van der Waals surface area contributed by atoms with E-state index in [9.17, 15) is 13.2 Å². The van der Waals surface area contributed by atoms with Crippen LogP contribution in [0, 0.1) is 5.92 Å². The Morgan fingerprint density at radius 1 is 1.21 bits per heavy atom. The molecule has 1 aromatic carbocycles. The summed E-state index contributed by atoms with van der Waals surface area (Å²) in [6.07, 6.45) is -0.0000543. The second kappa shape index (κ2) is 5.82. The van der Waals surface area contributed by atoms with E-state index in [1.165, 1.54) is 18.2 Å². The molecule has 2 rings (SSSR count). The Morgan fingerprint density at radius 3 is 2.47 bits per heavy atom. The molecular weight excluding hydrogens is 255 g/mol. The Balaban J connectivity index is 1.99. The van der Waals surface area contributed by atoms with Gasteiger partial charge in [0.1, 0.15) is 12.4 Å². The first-order valence-corrected chi connectivity index (χ1v) is 6.53. The van der Waals surface area contributed by atoms with Gasteiger partial charge in [0.25, 0.3) is 0 Å². The molecule has 2 N–H and O–H groups in total. The topological polar surface area (TPSA) is 35.2 Å². The number of benzene rings is 1. The monoisotopic (exact) mass is 273 g/mol. The van der Waals surface area contributed by atoms with E-state index in [2.05, 4.69) is 0 Å². The van der Waals surface area contributed by atoms with Gasteiger partial charge in [-0.1, -0.05) is 25.0 Å². The van der Waals surface area contributed by atoms with Crippen LogP contribution in [0.4, 0.5) is 13.2 Å². The molecule has 1 unspecified atom stereocenters. The van der Waals surface area contributed by atoms with E-state index in [4.69, 9.17) is 10.5 Å². The highest BCUT2D eigenvalue weighted by Crippen LogP contribution is 2.36. The molecule has 0 heterocycles. The second-order valence-corrected chi connectivity index (χ2v) is 5.01. The fourth-order valence-electron chi connectivity index (χ4n) is 2.53. The van der Waals surface area contributed by atoms with E-state index >= 15 is 0 Å². The molecule has 0 radical (unpaired) electrons. The Morgan fingerprint density at radius 2 is 1.84 bits per heavy atom. The fraction of sp³-hybridized carbons (Fsp3) is 0.571. The van der Waals surface area contributed by atoms with Crippen molar-refractivity contribution in [1.82, 2.24) is 0 Å². The number of halogens is 3. The van der Waals surface area contributed by atoms with Crippen LogP contribution in [0.1, 0.15) is 31.2 Å². The fourth-order valence-corrected chi connectivity index (χ4v) is 2.53. The Labute approximate surface area is 110 Å². The van der Waals surface area contributed by atoms with Gasteiger partial charge in [0.2, 0.25) is 0 Å². The molecule has 1 atom stereocenters. The van der Waals surface area contributed by atoms with Gasteiger partial charge in [-0.3, -0.25) is 0 Å². The molecule has 0 amide bonds. The van der Waals surface area contributed by atoms with Crippen molar-refractivity contribution < 1.29 is 17.9 Å². The third-order valence-electron chi connectivity index (χ3n) is 3.63. The van der Waals surface area contributed by atoms with Crippen molar-refractivity contribution >= 4 is 0 Å². The summed E-state index contributed by atoms with van der Waals surface area (Å²) < 4.78 is 43.6. The van der Waals surface area contributed by atoms with E-state index in [-0.39, 0.29) is 18.4 Å². The summed E-state index contributed by atoms with van der Waals surface area (Å²) in [5, 5.41) is 0. The normalized spacial score (nSPS) is 18.5. The highest BCUT2D eigenvalue weighted by atomic mass is 19.4. The van der Waals surface area contributed by atoms with E-state index in [0.29, 0.717) is 5.92 Å². The number of hydrogen-bond acceptors (Lipinski definition) is 2. The molecule has 1 saturated carbocycles. The highest BCUT2D eigenvalue weighted by molar-refractivity contribution is 5.35. The highest BCUT2D eigenvalue weighted by Gasteiger charge is 2.34. The molecule has 0 spiro atoms. The maximum Gasteiger partial charge on any atom is 0.419 e. The summed E-state index contributed by atoms with van der Waals surface area (Å²) in [4.78, 5) is 0. The van der Waals surface area contributed by atoms with E-state index in [1.807, 2.05) is 0 Å². The van der Waals surface area contributed by atoms with Crippen molar-refractivity contribution in [2.45, 2.75) is 37.9 Å². The second-order valence-electron chi connectivity index (χ2n) is 5.01. The van der Waals surface area contributed by atoms with Crippen molar-refractivity contribution in [2.24, 2.45) is 11.7 Å². The van der Waals surface area contributed by atoms with Crippen LogP contribution in [-0.2, 0) is 6.18 Å². The molecule has 2 nitrogen and oxygen atoms in total. The number of alkyl halides is 3. The van der Waals surface area contributed by atoms with Gasteiger partial charge in [-0.05, 0) is 30.9 Å². The number of para-hydroxylation sites is 1. The first-order chi connectivity index (χ1) is 8.98. The van der Waals surface area contributed by atoms with Crippen molar-refractivity contribution in [1.29, 1.82) is 0 Å². The molecular formula is C14H18F3NO. The Bertz CT molecular complexity index is 413. The van der Waals surface area contributed by atoms with Gasteiger partial charge < -0.3 is 10.5 Å². The molecule has 1 aromatic rings. The van der Waals surface area contributed by atoms with E-state index < -0.39 is 11.7 Å². The van der Waals surface area contributed by atoms with Crippen molar-refractivity contribution in [3.05, 3.63) is 29.8 Å². The summed E-state index contributed by atoms with van der Waals surface area (Å²) in [6.45, 7) is 0.137. The largest absolute Gasteiger partial charge is 0.491 e. The molecule has 1 aliphatic carbocycles. The van der Waals surface area contributed by atoms with E-state index in [1.54, 1.807) is 0 Å². The molecule has 0 aromatic heterocycles. The Hall–Kier alpha value is -1.23. The zero-order chi connectivity index (χ0) is 13.9. The molecule has 1 fully saturated rings. The van der Waals surface area contributed by atoms with Crippen molar-refractivity contribution in [3.63, 3.8) is 0 Å². The van der Waals surface area contributed by atoms with Crippen LogP contribution in [0.15, 0.2) is 24.3 Å². The Kier molecular flexibility index (Phi) is 4.34. The zero-order valence-corrected chi connectivity index (χ0v) is 10.6. The van der Waals surface area contributed by atoms with Gasteiger partial charge in [0, 0.05) is 6.04 Å². The van der Waals surface area contributed by atoms with Gasteiger partial charge >= 0.3 is 6.18 Å². The molecule has 0 aliphatic heterocycles. The van der Waals surface area contributed by atoms with Gasteiger partial charge in [0.15, 0.2) is 0 Å². The predicted octanol–water partition coefficient (Wildman–Crippen LogP) is 3.60. The third kappa shape index (κ3) is 3.62. The SMILES string of the molecule is NC(COc1ccccc1C(F)(F)F)C1CCCC1. The number of ether oxygens (including phenoxy) is 1. The predicted molar refractivity (Wildman–Crippen MR) is 66.9 cm³/mol. The molecule has 19 heavy (non-hydrogen) atoms. The summed E-state index contributed by atoms with van der Waals surface area (Å²) >= 11 is 0. The van der Waals surface area contributed by atoms with Gasteiger partial charge in [-0.2, -0.15) is 13.2 Å². The minimum atomic E-state index is -4.39. The lowest BCUT2D eigenvalue weighted by Crippen LogP contribution is -2.34. The maximum absolute atomic E-state index is 12.8. The first kappa shape index (κ1) is 14.2.